The number of hydrogen-bond donors (Lipinski definition) is 0. The molecule has 4 aromatic rings. The SMILES string of the molecule is CC(C)(C)Cc1coc(-c2ccccc2P(c2ccccc2)c2ccccc2)n1. The van der Waals surface area contributed by atoms with Crippen molar-refractivity contribution < 1.29 is 4.42 Å². The first-order valence-corrected chi connectivity index (χ1v) is 11.3. The summed E-state index contributed by atoms with van der Waals surface area (Å²) >= 11 is 0. The van der Waals surface area contributed by atoms with Crippen molar-refractivity contribution in [2.45, 2.75) is 27.2 Å². The van der Waals surface area contributed by atoms with E-state index in [0.29, 0.717) is 5.89 Å². The zero-order chi connectivity index (χ0) is 20.3. The van der Waals surface area contributed by atoms with Crippen molar-refractivity contribution in [2.75, 3.05) is 0 Å². The van der Waals surface area contributed by atoms with Crippen molar-refractivity contribution in [1.29, 1.82) is 0 Å². The Labute approximate surface area is 174 Å². The monoisotopic (exact) mass is 399 g/mol. The average molecular weight is 399 g/mol. The molecule has 0 atom stereocenters. The number of aromatic nitrogens is 1. The zero-order valence-corrected chi connectivity index (χ0v) is 18.1. The highest BCUT2D eigenvalue weighted by molar-refractivity contribution is 7.80. The van der Waals surface area contributed by atoms with Gasteiger partial charge in [-0.3, -0.25) is 0 Å². The van der Waals surface area contributed by atoms with Crippen LogP contribution in [0.3, 0.4) is 0 Å². The second-order valence-electron chi connectivity index (χ2n) is 8.41. The molecule has 2 nitrogen and oxygen atoms in total. The molecule has 3 aromatic carbocycles. The largest absolute Gasteiger partial charge is 0.444 e. The Morgan fingerprint density at radius 1 is 0.759 bits per heavy atom. The van der Waals surface area contributed by atoms with Crippen LogP contribution in [0.15, 0.2) is 95.6 Å². The first kappa shape index (κ1) is 19.6. The molecule has 29 heavy (non-hydrogen) atoms. The molecule has 0 saturated heterocycles. The molecule has 0 fully saturated rings. The lowest BCUT2D eigenvalue weighted by atomic mass is 9.91. The number of oxazole rings is 1. The molecule has 0 aliphatic carbocycles. The molecule has 0 N–H and O–H groups in total. The molecule has 146 valence electrons. The van der Waals surface area contributed by atoms with E-state index in [1.807, 2.05) is 6.26 Å². The molecular weight excluding hydrogens is 373 g/mol. The minimum atomic E-state index is -0.708. The summed E-state index contributed by atoms with van der Waals surface area (Å²) in [4.78, 5) is 4.84. The summed E-state index contributed by atoms with van der Waals surface area (Å²) in [6.07, 6.45) is 2.70. The number of rotatable bonds is 5. The molecule has 0 amide bonds. The van der Waals surface area contributed by atoms with E-state index < -0.39 is 7.92 Å². The fraction of sp³-hybridized carbons (Fsp3) is 0.192. The van der Waals surface area contributed by atoms with E-state index in [0.717, 1.165) is 17.7 Å². The van der Waals surface area contributed by atoms with Gasteiger partial charge in [0, 0.05) is 5.56 Å². The Morgan fingerprint density at radius 2 is 1.31 bits per heavy atom. The molecule has 0 saturated carbocycles. The van der Waals surface area contributed by atoms with Crippen LogP contribution < -0.4 is 15.9 Å². The minimum absolute atomic E-state index is 0.175. The normalized spacial score (nSPS) is 11.7. The van der Waals surface area contributed by atoms with Gasteiger partial charge in [0.25, 0.3) is 0 Å². The molecular formula is C26H26NOP. The molecule has 0 aliphatic rings. The Morgan fingerprint density at radius 3 is 1.90 bits per heavy atom. The van der Waals surface area contributed by atoms with Crippen LogP contribution in [0.4, 0.5) is 0 Å². The summed E-state index contributed by atoms with van der Waals surface area (Å²) in [6.45, 7) is 6.66. The summed E-state index contributed by atoms with van der Waals surface area (Å²) < 4.78 is 5.96. The van der Waals surface area contributed by atoms with Gasteiger partial charge >= 0.3 is 0 Å². The van der Waals surface area contributed by atoms with E-state index in [9.17, 15) is 0 Å². The van der Waals surface area contributed by atoms with E-state index >= 15 is 0 Å². The van der Waals surface area contributed by atoms with Crippen molar-refractivity contribution in [2.24, 2.45) is 5.41 Å². The lowest BCUT2D eigenvalue weighted by Crippen LogP contribution is -2.22. The van der Waals surface area contributed by atoms with E-state index in [-0.39, 0.29) is 5.41 Å². The smallest absolute Gasteiger partial charge is 0.226 e. The molecule has 0 spiro atoms. The van der Waals surface area contributed by atoms with Gasteiger partial charge in [-0.15, -0.1) is 0 Å². The third-order valence-corrected chi connectivity index (χ3v) is 7.17. The van der Waals surface area contributed by atoms with E-state index in [4.69, 9.17) is 9.40 Å². The third kappa shape index (κ3) is 4.66. The van der Waals surface area contributed by atoms with Crippen LogP contribution in [0.1, 0.15) is 26.5 Å². The Balaban J connectivity index is 1.82. The summed E-state index contributed by atoms with van der Waals surface area (Å²) in [5, 5.41) is 3.91. The third-order valence-electron chi connectivity index (χ3n) is 4.67. The quantitative estimate of drug-likeness (QED) is 0.403. The molecule has 0 unspecified atom stereocenters. The van der Waals surface area contributed by atoms with Crippen LogP contribution in [0.2, 0.25) is 0 Å². The second kappa shape index (κ2) is 8.35. The highest BCUT2D eigenvalue weighted by Gasteiger charge is 2.22. The topological polar surface area (TPSA) is 26.0 Å². The maximum absolute atomic E-state index is 5.96. The van der Waals surface area contributed by atoms with E-state index in [1.54, 1.807) is 0 Å². The van der Waals surface area contributed by atoms with Gasteiger partial charge < -0.3 is 4.42 Å². The number of nitrogens with zero attached hydrogens (tertiary/aromatic N) is 1. The summed E-state index contributed by atoms with van der Waals surface area (Å²) in [5.74, 6) is 0.708. The highest BCUT2D eigenvalue weighted by atomic mass is 31.1. The fourth-order valence-electron chi connectivity index (χ4n) is 3.49. The molecule has 1 heterocycles. The minimum Gasteiger partial charge on any atom is -0.444 e. The maximum Gasteiger partial charge on any atom is 0.226 e. The van der Waals surface area contributed by atoms with Gasteiger partial charge in [0.05, 0.1) is 5.69 Å². The van der Waals surface area contributed by atoms with Gasteiger partial charge in [-0.25, -0.2) is 4.98 Å². The fourth-order valence-corrected chi connectivity index (χ4v) is 5.93. The molecule has 3 heteroatoms. The molecule has 0 aliphatic heterocycles. The van der Waals surface area contributed by atoms with Gasteiger partial charge in [0.15, 0.2) is 0 Å². The van der Waals surface area contributed by atoms with Gasteiger partial charge in [0.2, 0.25) is 5.89 Å². The lowest BCUT2D eigenvalue weighted by molar-refractivity contribution is 0.405. The standard InChI is InChI=1S/C26H26NOP/c1-26(2,3)18-20-19-28-25(27-20)23-16-10-11-17-24(23)29(21-12-6-4-7-13-21)22-14-8-5-9-15-22/h4-17,19H,18H2,1-3H3. The molecule has 1 aromatic heterocycles. The summed E-state index contributed by atoms with van der Waals surface area (Å²) in [7, 11) is -0.708. The Kier molecular flexibility index (Phi) is 5.65. The first-order chi connectivity index (χ1) is 14.0. The van der Waals surface area contributed by atoms with Crippen molar-refractivity contribution in [3.8, 4) is 11.5 Å². The summed E-state index contributed by atoms with van der Waals surface area (Å²) in [6, 6.07) is 30.0. The summed E-state index contributed by atoms with van der Waals surface area (Å²) in [5.41, 5.74) is 2.26. The van der Waals surface area contributed by atoms with Crippen molar-refractivity contribution in [3.05, 3.63) is 96.9 Å². The van der Waals surface area contributed by atoms with Crippen LogP contribution in [-0.2, 0) is 6.42 Å². The predicted octanol–water partition coefficient (Wildman–Crippen LogP) is 5.69. The zero-order valence-electron chi connectivity index (χ0n) is 17.2. The van der Waals surface area contributed by atoms with Gasteiger partial charge in [-0.05, 0) is 41.7 Å². The first-order valence-electron chi connectivity index (χ1n) is 9.95. The predicted molar refractivity (Wildman–Crippen MR) is 124 cm³/mol. The Hall–Kier alpha value is -2.70. The molecule has 4 rings (SSSR count). The van der Waals surface area contributed by atoms with Gasteiger partial charge in [-0.1, -0.05) is 99.6 Å². The van der Waals surface area contributed by atoms with Crippen LogP contribution in [0.5, 0.6) is 0 Å². The lowest BCUT2D eigenvalue weighted by Gasteiger charge is -2.21. The van der Waals surface area contributed by atoms with Crippen LogP contribution in [0, 0.1) is 5.41 Å². The van der Waals surface area contributed by atoms with Crippen LogP contribution in [-0.4, -0.2) is 4.98 Å². The van der Waals surface area contributed by atoms with Crippen molar-refractivity contribution in [1.82, 2.24) is 4.98 Å². The van der Waals surface area contributed by atoms with E-state index in [2.05, 4.69) is 106 Å². The Bertz CT molecular complexity index is 1030. The number of benzene rings is 3. The second-order valence-corrected chi connectivity index (χ2v) is 10.6. The molecule has 0 bridgehead atoms. The van der Waals surface area contributed by atoms with Gasteiger partial charge in [-0.2, -0.15) is 0 Å². The van der Waals surface area contributed by atoms with Crippen LogP contribution >= 0.6 is 7.92 Å². The van der Waals surface area contributed by atoms with Crippen molar-refractivity contribution in [3.63, 3.8) is 0 Å². The van der Waals surface area contributed by atoms with Crippen LogP contribution in [0.25, 0.3) is 11.5 Å². The average Bonchev–Trinajstić information content (AvgIpc) is 3.17. The molecule has 0 radical (unpaired) electrons. The maximum atomic E-state index is 5.96. The van der Waals surface area contributed by atoms with E-state index in [1.165, 1.54) is 15.9 Å². The highest BCUT2D eigenvalue weighted by Crippen LogP contribution is 2.37. The van der Waals surface area contributed by atoms with Crippen molar-refractivity contribution >= 4 is 23.8 Å². The van der Waals surface area contributed by atoms with Gasteiger partial charge in [0.1, 0.15) is 6.26 Å². The number of hydrogen-bond acceptors (Lipinski definition) is 2.